The fourth-order valence-electron chi connectivity index (χ4n) is 4.29. The summed E-state index contributed by atoms with van der Waals surface area (Å²) >= 11 is 0. The normalized spacial score (nSPS) is 54.9. The van der Waals surface area contributed by atoms with Crippen LogP contribution in [-0.4, -0.2) is 25.1 Å². The van der Waals surface area contributed by atoms with E-state index in [0.717, 1.165) is 25.7 Å². The minimum atomic E-state index is -0.813. The molecule has 17 heavy (non-hydrogen) atoms. The lowest BCUT2D eigenvalue weighted by molar-refractivity contribution is -0.168. The van der Waals surface area contributed by atoms with Crippen LogP contribution in [0.2, 0.25) is 0 Å². The van der Waals surface area contributed by atoms with Gasteiger partial charge in [-0.25, -0.2) is 8.78 Å². The average Bonchev–Trinajstić information content (AvgIpc) is 2.34. The molecule has 98 valence electrons. The van der Waals surface area contributed by atoms with Crippen molar-refractivity contribution in [2.75, 3.05) is 6.61 Å². The number of rotatable bonds is 0. The van der Waals surface area contributed by atoms with Crippen LogP contribution in [0.25, 0.3) is 0 Å². The van der Waals surface area contributed by atoms with Gasteiger partial charge in [0.25, 0.3) is 0 Å². The summed E-state index contributed by atoms with van der Waals surface area (Å²) in [4.78, 5) is 0. The first-order valence-electron chi connectivity index (χ1n) is 7.08. The molecule has 0 N–H and O–H groups in total. The topological polar surface area (TPSA) is 9.23 Å². The quantitative estimate of drug-likeness (QED) is 0.633. The van der Waals surface area contributed by atoms with Crippen LogP contribution >= 0.6 is 0 Å². The highest BCUT2D eigenvalue weighted by atomic mass is 19.1. The van der Waals surface area contributed by atoms with Crippen LogP contribution < -0.4 is 0 Å². The van der Waals surface area contributed by atoms with Crippen molar-refractivity contribution in [1.29, 1.82) is 0 Å². The first-order valence-corrected chi connectivity index (χ1v) is 7.08. The number of hydrogen-bond donors (Lipinski definition) is 0. The first kappa shape index (κ1) is 11.9. The Hall–Kier alpha value is -0.180. The maximum atomic E-state index is 14.2. The van der Waals surface area contributed by atoms with E-state index in [1.54, 1.807) is 0 Å². The first-order chi connectivity index (χ1) is 8.18. The second kappa shape index (κ2) is 4.49. The number of alkyl halides is 2. The zero-order chi connectivity index (χ0) is 12.0. The van der Waals surface area contributed by atoms with Crippen molar-refractivity contribution < 1.29 is 13.5 Å². The fourth-order valence-corrected chi connectivity index (χ4v) is 4.29. The Bertz CT molecular complexity index is 283. The van der Waals surface area contributed by atoms with E-state index in [1.807, 2.05) is 6.92 Å². The molecule has 2 saturated carbocycles. The van der Waals surface area contributed by atoms with Crippen LogP contribution in [0.5, 0.6) is 0 Å². The lowest BCUT2D eigenvalue weighted by Crippen LogP contribution is -2.53. The number of hydrogen-bond acceptors (Lipinski definition) is 1. The summed E-state index contributed by atoms with van der Waals surface area (Å²) < 4.78 is 33.7. The van der Waals surface area contributed by atoms with Crippen molar-refractivity contribution in [2.24, 2.45) is 23.7 Å². The van der Waals surface area contributed by atoms with E-state index < -0.39 is 12.3 Å². The van der Waals surface area contributed by atoms with Crippen LogP contribution in [0, 0.1) is 23.7 Å². The smallest absolute Gasteiger partial charge is 0.126 e. The summed E-state index contributed by atoms with van der Waals surface area (Å²) in [5.74, 6) is 0.841. The minimum Gasteiger partial charge on any atom is -0.374 e. The Balaban J connectivity index is 1.78. The number of fused-ring (bicyclic) bond motifs is 3. The van der Waals surface area contributed by atoms with E-state index in [0.29, 0.717) is 18.9 Å². The van der Waals surface area contributed by atoms with E-state index >= 15 is 0 Å². The van der Waals surface area contributed by atoms with E-state index in [-0.39, 0.29) is 23.9 Å². The van der Waals surface area contributed by atoms with Gasteiger partial charge >= 0.3 is 0 Å². The summed E-state index contributed by atoms with van der Waals surface area (Å²) in [6.07, 6.45) is 2.86. The van der Waals surface area contributed by atoms with Crippen LogP contribution in [0.3, 0.4) is 0 Å². The Morgan fingerprint density at radius 3 is 2.59 bits per heavy atom. The zero-order valence-electron chi connectivity index (χ0n) is 10.4. The van der Waals surface area contributed by atoms with Gasteiger partial charge in [-0.2, -0.15) is 0 Å². The average molecular weight is 244 g/mol. The van der Waals surface area contributed by atoms with Gasteiger partial charge in [0, 0.05) is 5.92 Å². The molecule has 7 atom stereocenters. The summed E-state index contributed by atoms with van der Waals surface area (Å²) in [6.45, 7) is 2.43. The number of halogens is 2. The molecular weight excluding hydrogens is 222 g/mol. The van der Waals surface area contributed by atoms with Gasteiger partial charge in [-0.3, -0.25) is 0 Å². The lowest BCUT2D eigenvalue weighted by atomic mass is 9.62. The predicted molar refractivity (Wildman–Crippen MR) is 62.3 cm³/mol. The third-order valence-corrected chi connectivity index (χ3v) is 5.28. The summed E-state index contributed by atoms with van der Waals surface area (Å²) in [6, 6.07) is 0. The van der Waals surface area contributed by atoms with Crippen molar-refractivity contribution in [3.63, 3.8) is 0 Å². The van der Waals surface area contributed by atoms with E-state index in [1.165, 1.54) is 0 Å². The summed E-state index contributed by atoms with van der Waals surface area (Å²) in [7, 11) is 0. The predicted octanol–water partition coefficient (Wildman–Crippen LogP) is 3.52. The van der Waals surface area contributed by atoms with Crippen molar-refractivity contribution >= 4 is 0 Å². The Morgan fingerprint density at radius 1 is 0.941 bits per heavy atom. The van der Waals surface area contributed by atoms with Gasteiger partial charge in [-0.1, -0.05) is 13.3 Å². The van der Waals surface area contributed by atoms with Gasteiger partial charge < -0.3 is 4.74 Å². The minimum absolute atomic E-state index is 0.0327. The molecule has 1 aliphatic heterocycles. The third-order valence-electron chi connectivity index (χ3n) is 5.28. The third kappa shape index (κ3) is 1.91. The van der Waals surface area contributed by atoms with Crippen molar-refractivity contribution in [3.05, 3.63) is 0 Å². The van der Waals surface area contributed by atoms with Gasteiger partial charge in [-0.15, -0.1) is 0 Å². The molecule has 0 aromatic carbocycles. The standard InChI is InChI=1S/C14H22F2O/c1-8-5-6-9-10-3-2-4-12(15)14(10)17-7-11(9)13(8)16/h8-14H,2-7H2,1H3. The van der Waals surface area contributed by atoms with E-state index in [4.69, 9.17) is 4.74 Å². The molecule has 3 fully saturated rings. The van der Waals surface area contributed by atoms with Crippen LogP contribution in [-0.2, 0) is 4.74 Å². The van der Waals surface area contributed by atoms with Gasteiger partial charge in [0.2, 0.25) is 0 Å². The zero-order valence-corrected chi connectivity index (χ0v) is 10.4. The molecule has 1 nitrogen and oxygen atoms in total. The van der Waals surface area contributed by atoms with E-state index in [9.17, 15) is 8.78 Å². The molecule has 0 amide bonds. The van der Waals surface area contributed by atoms with Gasteiger partial charge in [0.1, 0.15) is 12.3 Å². The SMILES string of the molecule is CC1CCC2C(COC3C(F)CCCC23)C1F. The fraction of sp³-hybridized carbons (Fsp3) is 1.00. The van der Waals surface area contributed by atoms with Crippen molar-refractivity contribution in [2.45, 2.75) is 57.5 Å². The Morgan fingerprint density at radius 2 is 1.76 bits per heavy atom. The van der Waals surface area contributed by atoms with Gasteiger partial charge in [0.15, 0.2) is 0 Å². The molecule has 0 bridgehead atoms. The molecule has 0 radical (unpaired) electrons. The highest BCUT2D eigenvalue weighted by Crippen LogP contribution is 2.48. The maximum Gasteiger partial charge on any atom is 0.126 e. The molecule has 3 rings (SSSR count). The second-order valence-electron chi connectivity index (χ2n) is 6.24. The van der Waals surface area contributed by atoms with Crippen LogP contribution in [0.4, 0.5) is 8.78 Å². The van der Waals surface area contributed by atoms with Crippen molar-refractivity contribution in [1.82, 2.24) is 0 Å². The summed E-state index contributed by atoms with van der Waals surface area (Å²) in [5.41, 5.74) is 0. The second-order valence-corrected chi connectivity index (χ2v) is 6.24. The largest absolute Gasteiger partial charge is 0.374 e. The monoisotopic (exact) mass is 244 g/mol. The molecule has 7 unspecified atom stereocenters. The lowest BCUT2D eigenvalue weighted by Gasteiger charge is -2.50. The molecule has 3 heteroatoms. The molecular formula is C14H22F2O. The molecule has 1 saturated heterocycles. The van der Waals surface area contributed by atoms with Gasteiger partial charge in [0.05, 0.1) is 12.7 Å². The van der Waals surface area contributed by atoms with Crippen molar-refractivity contribution in [3.8, 4) is 0 Å². The van der Waals surface area contributed by atoms with Crippen LogP contribution in [0.15, 0.2) is 0 Å². The maximum absolute atomic E-state index is 14.2. The molecule has 0 aromatic rings. The molecule has 0 spiro atoms. The van der Waals surface area contributed by atoms with Crippen LogP contribution in [0.1, 0.15) is 39.0 Å². The highest BCUT2D eigenvalue weighted by Gasteiger charge is 2.50. The number of ether oxygens (including phenoxy) is 1. The Kier molecular flexibility index (Phi) is 3.14. The summed E-state index contributed by atoms with van der Waals surface area (Å²) in [5, 5.41) is 0. The van der Waals surface area contributed by atoms with Gasteiger partial charge in [-0.05, 0) is 43.4 Å². The van der Waals surface area contributed by atoms with E-state index in [2.05, 4.69) is 0 Å². The highest BCUT2D eigenvalue weighted by molar-refractivity contribution is 4.98. The molecule has 3 aliphatic rings. The molecule has 0 aromatic heterocycles. The molecule has 2 aliphatic carbocycles. The molecule has 1 heterocycles. The Labute approximate surface area is 102 Å².